The summed E-state index contributed by atoms with van der Waals surface area (Å²) in [5.74, 6) is 0.0438. The molecule has 25 heavy (non-hydrogen) atoms. The first-order valence-electron chi connectivity index (χ1n) is 8.31. The van der Waals surface area contributed by atoms with Crippen LogP contribution in [0, 0.1) is 0 Å². The lowest BCUT2D eigenvalue weighted by Gasteiger charge is -2.05. The van der Waals surface area contributed by atoms with Crippen LogP contribution in [0.1, 0.15) is 47.7 Å². The number of nitrogens with zero attached hydrogens (tertiary/aromatic N) is 1. The molecule has 5 heteroatoms. The molecule has 0 saturated heterocycles. The maximum Gasteiger partial charge on any atom is 0.251 e. The third-order valence-electron chi connectivity index (χ3n) is 3.68. The minimum Gasteiger partial charge on any atom is -0.352 e. The van der Waals surface area contributed by atoms with Gasteiger partial charge in [-0.05, 0) is 29.2 Å². The lowest BCUT2D eigenvalue weighted by Crippen LogP contribution is -2.28. The summed E-state index contributed by atoms with van der Waals surface area (Å²) in [7, 11) is 0. The van der Waals surface area contributed by atoms with Crippen molar-refractivity contribution < 1.29 is 9.59 Å². The fourth-order valence-corrected chi connectivity index (χ4v) is 2.18. The smallest absolute Gasteiger partial charge is 0.251 e. The molecule has 0 atom stereocenters. The number of nitrogens with one attached hydrogen (secondary N) is 2. The van der Waals surface area contributed by atoms with Crippen molar-refractivity contribution in [3.8, 4) is 0 Å². The molecule has 0 heterocycles. The van der Waals surface area contributed by atoms with E-state index in [-0.39, 0.29) is 24.8 Å². The maximum absolute atomic E-state index is 11.8. The summed E-state index contributed by atoms with van der Waals surface area (Å²) in [6.45, 7) is 4.54. The molecule has 2 aromatic carbocycles. The molecule has 2 aromatic rings. The van der Waals surface area contributed by atoms with Gasteiger partial charge in [0.25, 0.3) is 5.91 Å². The van der Waals surface area contributed by atoms with E-state index in [4.69, 9.17) is 0 Å². The van der Waals surface area contributed by atoms with Crippen molar-refractivity contribution in [3.63, 3.8) is 0 Å². The number of amides is 2. The Hall–Kier alpha value is -2.95. The van der Waals surface area contributed by atoms with Gasteiger partial charge in [0, 0.05) is 18.5 Å². The summed E-state index contributed by atoms with van der Waals surface area (Å²) in [4.78, 5) is 23.5. The number of benzene rings is 2. The number of rotatable bonds is 7. The second-order valence-corrected chi connectivity index (χ2v) is 5.99. The van der Waals surface area contributed by atoms with Crippen LogP contribution in [-0.4, -0.2) is 24.6 Å². The molecule has 130 valence electrons. The number of hydrazone groups is 1. The van der Waals surface area contributed by atoms with Crippen LogP contribution >= 0.6 is 0 Å². The zero-order chi connectivity index (χ0) is 18.1. The monoisotopic (exact) mass is 337 g/mol. The molecule has 0 saturated carbocycles. The van der Waals surface area contributed by atoms with Crippen LogP contribution in [0.5, 0.6) is 0 Å². The van der Waals surface area contributed by atoms with Crippen molar-refractivity contribution in [2.75, 3.05) is 6.54 Å². The summed E-state index contributed by atoms with van der Waals surface area (Å²) < 4.78 is 0. The number of carbonyl (C=O) groups is 2. The first-order chi connectivity index (χ1) is 12.1. The van der Waals surface area contributed by atoms with Gasteiger partial charge in [0.1, 0.15) is 0 Å². The SMILES string of the molecule is CC(C)c1ccc(/C=N\NC(=O)CCNC(=O)c2ccccc2)cc1. The zero-order valence-corrected chi connectivity index (χ0v) is 14.5. The maximum atomic E-state index is 11.8. The third kappa shape index (κ3) is 6.22. The van der Waals surface area contributed by atoms with E-state index in [0.717, 1.165) is 5.56 Å². The number of hydrogen-bond acceptors (Lipinski definition) is 3. The fourth-order valence-electron chi connectivity index (χ4n) is 2.18. The number of hydrogen-bond donors (Lipinski definition) is 2. The van der Waals surface area contributed by atoms with Gasteiger partial charge in [0.05, 0.1) is 6.21 Å². The average Bonchev–Trinajstić information content (AvgIpc) is 2.63. The summed E-state index contributed by atoms with van der Waals surface area (Å²) in [6, 6.07) is 16.9. The molecular weight excluding hydrogens is 314 g/mol. The molecule has 2 amide bonds. The minimum atomic E-state index is -0.247. The van der Waals surface area contributed by atoms with Gasteiger partial charge in [-0.3, -0.25) is 9.59 Å². The predicted octanol–water partition coefficient (Wildman–Crippen LogP) is 3.08. The Morgan fingerprint density at radius 1 is 1.04 bits per heavy atom. The van der Waals surface area contributed by atoms with Gasteiger partial charge in [-0.25, -0.2) is 5.43 Å². The molecule has 0 aliphatic carbocycles. The van der Waals surface area contributed by atoms with E-state index in [1.54, 1.807) is 30.5 Å². The Balaban J connectivity index is 1.70. The molecule has 2 rings (SSSR count). The van der Waals surface area contributed by atoms with E-state index in [1.807, 2.05) is 30.3 Å². The van der Waals surface area contributed by atoms with E-state index in [0.29, 0.717) is 11.5 Å². The Bertz CT molecular complexity index is 722. The van der Waals surface area contributed by atoms with E-state index in [9.17, 15) is 9.59 Å². The van der Waals surface area contributed by atoms with Crippen LogP contribution in [0.3, 0.4) is 0 Å². The average molecular weight is 337 g/mol. The lowest BCUT2D eigenvalue weighted by molar-refractivity contribution is -0.120. The van der Waals surface area contributed by atoms with Gasteiger partial charge >= 0.3 is 0 Å². The van der Waals surface area contributed by atoms with Gasteiger partial charge in [-0.2, -0.15) is 5.10 Å². The van der Waals surface area contributed by atoms with E-state index in [1.165, 1.54) is 5.56 Å². The topological polar surface area (TPSA) is 70.6 Å². The highest BCUT2D eigenvalue weighted by Gasteiger charge is 2.05. The first-order valence-corrected chi connectivity index (χ1v) is 8.31. The zero-order valence-electron chi connectivity index (χ0n) is 14.5. The van der Waals surface area contributed by atoms with Crippen molar-refractivity contribution in [2.24, 2.45) is 5.10 Å². The van der Waals surface area contributed by atoms with Crippen molar-refractivity contribution >= 4 is 18.0 Å². The fraction of sp³-hybridized carbons (Fsp3) is 0.250. The highest BCUT2D eigenvalue weighted by atomic mass is 16.2. The highest BCUT2D eigenvalue weighted by Crippen LogP contribution is 2.13. The van der Waals surface area contributed by atoms with Crippen LogP contribution in [0.15, 0.2) is 59.7 Å². The van der Waals surface area contributed by atoms with Gasteiger partial charge < -0.3 is 5.32 Å². The molecule has 5 nitrogen and oxygen atoms in total. The van der Waals surface area contributed by atoms with E-state index < -0.39 is 0 Å². The summed E-state index contributed by atoms with van der Waals surface area (Å²) >= 11 is 0. The van der Waals surface area contributed by atoms with Gasteiger partial charge in [-0.1, -0.05) is 56.3 Å². The lowest BCUT2D eigenvalue weighted by atomic mass is 10.0. The second kappa shape index (κ2) is 9.37. The van der Waals surface area contributed by atoms with Gasteiger partial charge in [0.15, 0.2) is 0 Å². The van der Waals surface area contributed by atoms with E-state index in [2.05, 4.69) is 29.7 Å². The molecule has 2 N–H and O–H groups in total. The molecule has 0 aromatic heterocycles. The molecule has 0 aliphatic rings. The summed E-state index contributed by atoms with van der Waals surface area (Å²) in [5, 5.41) is 6.64. The minimum absolute atomic E-state index is 0.169. The van der Waals surface area contributed by atoms with Crippen LogP contribution in [0.25, 0.3) is 0 Å². The van der Waals surface area contributed by atoms with Crippen LogP contribution in [-0.2, 0) is 4.79 Å². The molecule has 0 spiro atoms. The van der Waals surface area contributed by atoms with Crippen LogP contribution < -0.4 is 10.7 Å². The van der Waals surface area contributed by atoms with E-state index >= 15 is 0 Å². The predicted molar refractivity (Wildman–Crippen MR) is 99.7 cm³/mol. The summed E-state index contributed by atoms with van der Waals surface area (Å²) in [5.41, 5.74) is 5.21. The third-order valence-corrected chi connectivity index (χ3v) is 3.68. The standard InChI is InChI=1S/C20H23N3O2/c1-15(2)17-10-8-16(9-11-17)14-22-23-19(24)12-13-21-20(25)18-6-4-3-5-7-18/h3-11,14-15H,12-13H2,1-2H3,(H,21,25)(H,23,24)/b22-14-. The normalized spacial score (nSPS) is 10.8. The largest absolute Gasteiger partial charge is 0.352 e. The molecule has 0 unspecified atom stereocenters. The van der Waals surface area contributed by atoms with Crippen molar-refractivity contribution in [1.82, 2.24) is 10.7 Å². The van der Waals surface area contributed by atoms with Gasteiger partial charge in [-0.15, -0.1) is 0 Å². The molecule has 0 radical (unpaired) electrons. The highest BCUT2D eigenvalue weighted by molar-refractivity contribution is 5.94. The Labute approximate surface area is 148 Å². The Morgan fingerprint density at radius 2 is 1.72 bits per heavy atom. The second-order valence-electron chi connectivity index (χ2n) is 5.99. The van der Waals surface area contributed by atoms with Crippen LogP contribution in [0.2, 0.25) is 0 Å². The number of carbonyl (C=O) groups excluding carboxylic acids is 2. The quantitative estimate of drug-likeness (QED) is 0.602. The summed E-state index contributed by atoms with van der Waals surface area (Å²) in [6.07, 6.45) is 1.77. The Kier molecular flexibility index (Phi) is 6.89. The van der Waals surface area contributed by atoms with Crippen LogP contribution in [0.4, 0.5) is 0 Å². The first kappa shape index (κ1) is 18.4. The van der Waals surface area contributed by atoms with Gasteiger partial charge in [0.2, 0.25) is 5.91 Å². The Morgan fingerprint density at radius 3 is 2.36 bits per heavy atom. The van der Waals surface area contributed by atoms with Crippen molar-refractivity contribution in [2.45, 2.75) is 26.2 Å². The molecular formula is C20H23N3O2. The molecule has 0 aliphatic heterocycles. The van der Waals surface area contributed by atoms with Crippen molar-refractivity contribution in [3.05, 3.63) is 71.3 Å². The molecule has 0 fully saturated rings. The molecule has 0 bridgehead atoms. The van der Waals surface area contributed by atoms with Crippen molar-refractivity contribution in [1.29, 1.82) is 0 Å².